The topological polar surface area (TPSA) is 53.6 Å². The van der Waals surface area contributed by atoms with Crippen LogP contribution in [0.15, 0.2) is 30.5 Å². The lowest BCUT2D eigenvalue weighted by Crippen LogP contribution is -2.23. The maximum Gasteiger partial charge on any atom is 0.0997 e. The summed E-state index contributed by atoms with van der Waals surface area (Å²) in [5.41, 5.74) is 2.27. The summed E-state index contributed by atoms with van der Waals surface area (Å²) in [5.74, 6) is 0. The van der Waals surface area contributed by atoms with E-state index < -0.39 is 0 Å². The van der Waals surface area contributed by atoms with Crippen LogP contribution in [-0.4, -0.2) is 22.0 Å². The highest BCUT2D eigenvalue weighted by molar-refractivity contribution is 14.1. The van der Waals surface area contributed by atoms with Crippen LogP contribution >= 0.6 is 22.6 Å². The molecule has 0 aliphatic rings. The van der Waals surface area contributed by atoms with E-state index in [4.69, 9.17) is 0 Å². The van der Waals surface area contributed by atoms with Gasteiger partial charge in [0.25, 0.3) is 0 Å². The number of nitrogens with one attached hydrogen (secondary N) is 2. The molecule has 0 fully saturated rings. The van der Waals surface area contributed by atoms with Gasteiger partial charge in [-0.2, -0.15) is 15.4 Å². The Kier molecular flexibility index (Phi) is 4.49. The highest BCUT2D eigenvalue weighted by Crippen LogP contribution is 2.16. The second-order valence-electron chi connectivity index (χ2n) is 3.84. The van der Waals surface area contributed by atoms with Gasteiger partial charge in [0.2, 0.25) is 0 Å². The highest BCUT2D eigenvalue weighted by atomic mass is 127. The molecule has 17 heavy (non-hydrogen) atoms. The van der Waals surface area contributed by atoms with Gasteiger partial charge in [0, 0.05) is 3.57 Å². The lowest BCUT2D eigenvalue weighted by molar-refractivity contribution is 0.535. The van der Waals surface area contributed by atoms with E-state index in [1.807, 2.05) is 0 Å². The quantitative estimate of drug-likeness (QED) is 0.820. The predicted octanol–water partition coefficient (Wildman–Crippen LogP) is 2.30. The summed E-state index contributed by atoms with van der Waals surface area (Å²) in [6.07, 6.45) is 2.71. The van der Waals surface area contributed by atoms with Crippen LogP contribution in [0.3, 0.4) is 0 Å². The number of rotatable bonds is 5. The monoisotopic (exact) mass is 342 g/mol. The average Bonchev–Trinajstić information content (AvgIpc) is 2.85. The molecule has 1 atom stereocenters. The molecule has 1 aromatic carbocycles. The largest absolute Gasteiger partial charge is 0.309 e. The van der Waals surface area contributed by atoms with Gasteiger partial charge in [-0.1, -0.05) is 19.1 Å². The van der Waals surface area contributed by atoms with Crippen molar-refractivity contribution in [3.8, 4) is 0 Å². The van der Waals surface area contributed by atoms with E-state index in [1.54, 1.807) is 6.20 Å². The van der Waals surface area contributed by atoms with Crippen molar-refractivity contribution in [2.24, 2.45) is 0 Å². The van der Waals surface area contributed by atoms with Gasteiger partial charge in [-0.15, -0.1) is 0 Å². The maximum atomic E-state index is 4.15. The number of likely N-dealkylation sites (N-methyl/N-ethyl adjacent to an activating group) is 1. The van der Waals surface area contributed by atoms with Gasteiger partial charge in [0.15, 0.2) is 0 Å². The number of aromatic amines is 1. The zero-order valence-corrected chi connectivity index (χ0v) is 11.8. The number of benzene rings is 1. The molecule has 0 saturated carbocycles. The van der Waals surface area contributed by atoms with Gasteiger partial charge in [-0.25, -0.2) is 0 Å². The molecule has 0 aliphatic carbocycles. The van der Waals surface area contributed by atoms with E-state index in [1.165, 1.54) is 9.13 Å². The van der Waals surface area contributed by atoms with Crippen molar-refractivity contribution in [3.63, 3.8) is 0 Å². The summed E-state index contributed by atoms with van der Waals surface area (Å²) in [6.45, 7) is 3.02. The Bertz CT molecular complexity index is 438. The molecule has 2 aromatic rings. The summed E-state index contributed by atoms with van der Waals surface area (Å²) < 4.78 is 1.26. The molecule has 0 amide bonds. The van der Waals surface area contributed by atoms with Gasteiger partial charge in [0.1, 0.15) is 0 Å². The van der Waals surface area contributed by atoms with Crippen LogP contribution in [0.25, 0.3) is 0 Å². The van der Waals surface area contributed by atoms with E-state index in [0.717, 1.165) is 18.7 Å². The fourth-order valence-corrected chi connectivity index (χ4v) is 2.12. The van der Waals surface area contributed by atoms with E-state index in [9.17, 15) is 0 Å². The van der Waals surface area contributed by atoms with E-state index in [2.05, 4.69) is 74.5 Å². The Labute approximate surface area is 114 Å². The zero-order chi connectivity index (χ0) is 12.1. The third-order valence-corrected chi connectivity index (χ3v) is 3.31. The summed E-state index contributed by atoms with van der Waals surface area (Å²) in [6, 6.07) is 8.79. The Morgan fingerprint density at radius 2 is 2.12 bits per heavy atom. The third kappa shape index (κ3) is 3.50. The molecular formula is C12H15IN4. The van der Waals surface area contributed by atoms with Crippen LogP contribution in [0.1, 0.15) is 24.2 Å². The Morgan fingerprint density at radius 3 is 2.71 bits per heavy atom. The van der Waals surface area contributed by atoms with E-state index in [0.29, 0.717) is 0 Å². The van der Waals surface area contributed by atoms with Crippen molar-refractivity contribution in [2.45, 2.75) is 19.4 Å². The molecule has 4 nitrogen and oxygen atoms in total. The van der Waals surface area contributed by atoms with Crippen molar-refractivity contribution in [1.82, 2.24) is 20.7 Å². The summed E-state index contributed by atoms with van der Waals surface area (Å²) >= 11 is 2.31. The lowest BCUT2D eigenvalue weighted by atomic mass is 10.0. The first-order chi connectivity index (χ1) is 8.29. The first-order valence-electron chi connectivity index (χ1n) is 5.63. The minimum Gasteiger partial charge on any atom is -0.309 e. The third-order valence-electron chi connectivity index (χ3n) is 2.59. The van der Waals surface area contributed by atoms with Crippen molar-refractivity contribution < 1.29 is 0 Å². The summed E-state index contributed by atoms with van der Waals surface area (Å²) in [5, 5.41) is 14.1. The van der Waals surface area contributed by atoms with Crippen molar-refractivity contribution >= 4 is 22.6 Å². The molecule has 2 rings (SSSR count). The minimum atomic E-state index is 0.221. The molecule has 5 heteroatoms. The first-order valence-corrected chi connectivity index (χ1v) is 6.71. The van der Waals surface area contributed by atoms with Gasteiger partial charge in [-0.05, 0) is 53.3 Å². The molecule has 0 radical (unpaired) electrons. The van der Waals surface area contributed by atoms with E-state index in [-0.39, 0.29) is 6.04 Å². The van der Waals surface area contributed by atoms with Gasteiger partial charge < -0.3 is 5.32 Å². The molecule has 0 aliphatic heterocycles. The molecule has 0 bridgehead atoms. The zero-order valence-electron chi connectivity index (χ0n) is 9.65. The van der Waals surface area contributed by atoms with Crippen LogP contribution in [0.2, 0.25) is 0 Å². The van der Waals surface area contributed by atoms with Crippen molar-refractivity contribution in [3.05, 3.63) is 45.3 Å². The van der Waals surface area contributed by atoms with Gasteiger partial charge in [-0.3, -0.25) is 0 Å². The summed E-state index contributed by atoms with van der Waals surface area (Å²) in [4.78, 5) is 0. The molecule has 90 valence electrons. The molecule has 2 N–H and O–H groups in total. The smallest absolute Gasteiger partial charge is 0.0997 e. The summed E-state index contributed by atoms with van der Waals surface area (Å²) in [7, 11) is 0. The molecule has 1 aromatic heterocycles. The SMILES string of the molecule is CCNC(Cc1ccc(I)cc1)c1cn[nH]n1. The number of H-pyrrole nitrogens is 1. The van der Waals surface area contributed by atoms with Gasteiger partial charge >= 0.3 is 0 Å². The molecular weight excluding hydrogens is 327 g/mol. The average molecular weight is 342 g/mol. The fourth-order valence-electron chi connectivity index (χ4n) is 1.76. The Morgan fingerprint density at radius 1 is 1.35 bits per heavy atom. The predicted molar refractivity (Wildman–Crippen MR) is 75.7 cm³/mol. The van der Waals surface area contributed by atoms with Crippen molar-refractivity contribution in [1.29, 1.82) is 0 Å². The minimum absolute atomic E-state index is 0.221. The Balaban J connectivity index is 2.10. The van der Waals surface area contributed by atoms with Crippen LogP contribution in [0.5, 0.6) is 0 Å². The molecule has 0 spiro atoms. The number of aromatic nitrogens is 3. The van der Waals surface area contributed by atoms with Crippen LogP contribution in [-0.2, 0) is 6.42 Å². The lowest BCUT2D eigenvalue weighted by Gasteiger charge is -2.15. The molecule has 0 saturated heterocycles. The maximum absolute atomic E-state index is 4.15. The molecule has 1 unspecified atom stereocenters. The number of halogens is 1. The normalized spacial score (nSPS) is 12.6. The second kappa shape index (κ2) is 6.11. The fraction of sp³-hybridized carbons (Fsp3) is 0.333. The standard InChI is InChI=1S/C12H15IN4/c1-2-14-11(12-8-15-17-16-12)7-9-3-5-10(13)6-4-9/h3-6,8,11,14H,2,7H2,1H3,(H,15,16,17). The number of hydrogen-bond donors (Lipinski definition) is 2. The highest BCUT2D eigenvalue weighted by Gasteiger charge is 2.13. The van der Waals surface area contributed by atoms with E-state index >= 15 is 0 Å². The second-order valence-corrected chi connectivity index (χ2v) is 5.08. The number of nitrogens with zero attached hydrogens (tertiary/aromatic N) is 2. The van der Waals surface area contributed by atoms with Crippen LogP contribution < -0.4 is 5.32 Å². The molecule has 1 heterocycles. The van der Waals surface area contributed by atoms with Crippen molar-refractivity contribution in [2.75, 3.05) is 6.54 Å². The Hall–Kier alpha value is -0.950. The first kappa shape index (κ1) is 12.5. The number of hydrogen-bond acceptors (Lipinski definition) is 3. The van der Waals surface area contributed by atoms with Gasteiger partial charge in [0.05, 0.1) is 17.9 Å². The van der Waals surface area contributed by atoms with Crippen LogP contribution in [0, 0.1) is 3.57 Å². The van der Waals surface area contributed by atoms with Crippen LogP contribution in [0.4, 0.5) is 0 Å².